The Morgan fingerprint density at radius 1 is 0.816 bits per heavy atom. The summed E-state index contributed by atoms with van der Waals surface area (Å²) >= 11 is 6.13. The molecule has 0 atom stereocenters. The molecule has 0 radical (unpaired) electrons. The fourth-order valence-corrected chi connectivity index (χ4v) is 6.25. The van der Waals surface area contributed by atoms with Crippen LogP contribution in [0.4, 0.5) is 11.4 Å². The molecule has 0 saturated carbocycles. The molecule has 38 heavy (non-hydrogen) atoms. The Morgan fingerprint density at radius 3 is 2.37 bits per heavy atom. The molecule has 8 heteroatoms. The van der Waals surface area contributed by atoms with Gasteiger partial charge in [-0.05, 0) is 61.6 Å². The van der Waals surface area contributed by atoms with Crippen molar-refractivity contribution in [2.45, 2.75) is 24.7 Å². The minimum Gasteiger partial charge on any atom is -0.385 e. The number of benzene rings is 4. The first-order valence-corrected chi connectivity index (χ1v) is 15.0. The Hall–Kier alpha value is -2.84. The van der Waals surface area contributed by atoms with E-state index in [2.05, 4.69) is 40.1 Å². The molecule has 0 spiro atoms. The highest BCUT2D eigenvalue weighted by Crippen LogP contribution is 2.30. The van der Waals surface area contributed by atoms with Crippen LogP contribution in [0, 0.1) is 0 Å². The normalized spacial score (nSPS) is 11.9. The molecule has 6 nitrogen and oxygen atoms in total. The Bertz CT molecular complexity index is 1490. The molecule has 0 bridgehead atoms. The Morgan fingerprint density at radius 2 is 1.58 bits per heavy atom. The van der Waals surface area contributed by atoms with E-state index >= 15 is 0 Å². The first-order valence-electron chi connectivity index (χ1n) is 13.1. The Labute approximate surface area is 231 Å². The van der Waals surface area contributed by atoms with Gasteiger partial charge in [-0.25, -0.2) is 13.1 Å². The summed E-state index contributed by atoms with van der Waals surface area (Å²) in [4.78, 5) is 4.61. The molecular formula is C30H37ClN4O2S. The lowest BCUT2D eigenvalue weighted by molar-refractivity contribution is 0.287. The van der Waals surface area contributed by atoms with E-state index < -0.39 is 10.0 Å². The van der Waals surface area contributed by atoms with Crippen molar-refractivity contribution < 1.29 is 8.42 Å². The summed E-state index contributed by atoms with van der Waals surface area (Å²) in [6, 6.07) is 23.4. The monoisotopic (exact) mass is 552 g/mol. The minimum absolute atomic E-state index is 0.323. The fraction of sp³-hybridized carbons (Fsp3) is 0.333. The minimum atomic E-state index is -3.63. The highest BCUT2D eigenvalue weighted by atomic mass is 35.5. The Balaban J connectivity index is 1.26. The van der Waals surface area contributed by atoms with E-state index in [-0.39, 0.29) is 0 Å². The van der Waals surface area contributed by atoms with Crippen LogP contribution in [0.25, 0.3) is 21.5 Å². The summed E-state index contributed by atoms with van der Waals surface area (Å²) in [6.45, 7) is 5.83. The third-order valence-electron chi connectivity index (χ3n) is 6.86. The van der Waals surface area contributed by atoms with Crippen molar-refractivity contribution in [2.24, 2.45) is 0 Å². The number of nitrogens with one attached hydrogen (secondary N) is 2. The molecule has 0 heterocycles. The van der Waals surface area contributed by atoms with Gasteiger partial charge in [-0.3, -0.25) is 0 Å². The molecule has 0 saturated heterocycles. The second-order valence-corrected chi connectivity index (χ2v) is 11.8. The van der Waals surface area contributed by atoms with Crippen LogP contribution in [-0.4, -0.2) is 60.1 Å². The summed E-state index contributed by atoms with van der Waals surface area (Å²) in [5, 5.41) is 8.25. The maximum absolute atomic E-state index is 13.2. The van der Waals surface area contributed by atoms with Crippen LogP contribution >= 0.6 is 11.6 Å². The number of hydrogen-bond acceptors (Lipinski definition) is 5. The summed E-state index contributed by atoms with van der Waals surface area (Å²) in [5.41, 5.74) is 2.11. The topological polar surface area (TPSA) is 64.7 Å². The van der Waals surface area contributed by atoms with Gasteiger partial charge in [0.25, 0.3) is 0 Å². The van der Waals surface area contributed by atoms with E-state index in [4.69, 9.17) is 11.6 Å². The number of rotatable bonds is 13. The van der Waals surface area contributed by atoms with Crippen molar-refractivity contribution in [1.29, 1.82) is 0 Å². The summed E-state index contributed by atoms with van der Waals surface area (Å²) in [5.74, 6) is 0. The Kier molecular flexibility index (Phi) is 9.49. The molecular weight excluding hydrogens is 516 g/mol. The van der Waals surface area contributed by atoms with E-state index in [9.17, 15) is 8.42 Å². The standard InChI is InChI=1S/C30H37ClN4O2S/c1-4-35(20-6-5-18-32-28-13-7-10-23-22-24(31)16-17-25(23)28)21-19-33-38(36,37)30-15-9-11-26-27(30)12-8-14-29(26)34(2)3/h7-17,22,32-33H,4-6,18-21H2,1-3H3. The van der Waals surface area contributed by atoms with Crippen molar-refractivity contribution in [2.75, 3.05) is 57.0 Å². The number of halogens is 1. The van der Waals surface area contributed by atoms with E-state index in [0.717, 1.165) is 65.0 Å². The summed E-state index contributed by atoms with van der Waals surface area (Å²) in [6.07, 6.45) is 2.05. The zero-order valence-electron chi connectivity index (χ0n) is 22.4. The van der Waals surface area contributed by atoms with E-state index in [0.29, 0.717) is 18.0 Å². The zero-order valence-corrected chi connectivity index (χ0v) is 23.9. The number of fused-ring (bicyclic) bond motifs is 2. The predicted molar refractivity (Wildman–Crippen MR) is 162 cm³/mol. The van der Waals surface area contributed by atoms with Crippen molar-refractivity contribution in [3.05, 3.63) is 77.8 Å². The van der Waals surface area contributed by atoms with Gasteiger partial charge < -0.3 is 15.1 Å². The van der Waals surface area contributed by atoms with Gasteiger partial charge >= 0.3 is 0 Å². The maximum atomic E-state index is 13.2. The van der Waals surface area contributed by atoms with E-state index in [1.54, 1.807) is 6.07 Å². The molecule has 4 aromatic carbocycles. The van der Waals surface area contributed by atoms with Crippen LogP contribution in [0.5, 0.6) is 0 Å². The van der Waals surface area contributed by atoms with Crippen molar-refractivity contribution in [1.82, 2.24) is 9.62 Å². The second-order valence-electron chi connectivity index (χ2n) is 9.66. The number of anilines is 2. The first-order chi connectivity index (χ1) is 18.3. The van der Waals surface area contributed by atoms with Gasteiger partial charge in [0.05, 0.1) is 4.90 Å². The van der Waals surface area contributed by atoms with Gasteiger partial charge in [-0.15, -0.1) is 0 Å². The lowest BCUT2D eigenvalue weighted by Gasteiger charge is -2.21. The molecule has 4 aromatic rings. The first kappa shape index (κ1) is 28.2. The third kappa shape index (κ3) is 6.77. The third-order valence-corrected chi connectivity index (χ3v) is 8.61. The number of unbranched alkanes of at least 4 members (excludes halogenated alkanes) is 1. The second kappa shape index (κ2) is 12.8. The van der Waals surface area contributed by atoms with Crippen molar-refractivity contribution in [3.63, 3.8) is 0 Å². The van der Waals surface area contributed by atoms with Gasteiger partial charge in [0.1, 0.15) is 0 Å². The zero-order chi connectivity index (χ0) is 27.1. The number of nitrogens with zero attached hydrogens (tertiary/aromatic N) is 2. The fourth-order valence-electron chi connectivity index (χ4n) is 4.82. The highest BCUT2D eigenvalue weighted by molar-refractivity contribution is 7.89. The van der Waals surface area contributed by atoms with Crippen LogP contribution < -0.4 is 14.9 Å². The number of hydrogen-bond donors (Lipinski definition) is 2. The molecule has 0 aromatic heterocycles. The lowest BCUT2D eigenvalue weighted by Crippen LogP contribution is -2.35. The van der Waals surface area contributed by atoms with E-state index in [1.165, 1.54) is 5.39 Å². The molecule has 0 fully saturated rings. The smallest absolute Gasteiger partial charge is 0.241 e. The summed E-state index contributed by atoms with van der Waals surface area (Å²) in [7, 11) is 0.297. The van der Waals surface area contributed by atoms with Crippen LogP contribution in [0.2, 0.25) is 5.02 Å². The van der Waals surface area contributed by atoms with Gasteiger partial charge in [0, 0.05) is 66.3 Å². The number of likely N-dealkylation sites (N-methyl/N-ethyl adjacent to an activating group) is 1. The molecule has 0 unspecified atom stereocenters. The SMILES string of the molecule is CCN(CCCCNc1cccc2cc(Cl)ccc12)CCNS(=O)(=O)c1cccc2c(N(C)C)cccc12. The quantitative estimate of drug-likeness (QED) is 0.193. The van der Waals surface area contributed by atoms with Crippen LogP contribution in [0.3, 0.4) is 0 Å². The average Bonchev–Trinajstić information content (AvgIpc) is 2.90. The van der Waals surface area contributed by atoms with Crippen molar-refractivity contribution in [3.8, 4) is 0 Å². The van der Waals surface area contributed by atoms with Crippen molar-refractivity contribution >= 4 is 54.5 Å². The molecule has 0 aliphatic heterocycles. The molecule has 0 aliphatic rings. The molecule has 202 valence electrons. The van der Waals surface area contributed by atoms with Gasteiger partial charge in [0.2, 0.25) is 10.0 Å². The largest absolute Gasteiger partial charge is 0.385 e. The molecule has 2 N–H and O–H groups in total. The molecule has 4 rings (SSSR count). The average molecular weight is 553 g/mol. The van der Waals surface area contributed by atoms with Crippen LogP contribution in [0.15, 0.2) is 77.7 Å². The number of sulfonamides is 1. The van der Waals surface area contributed by atoms with Gasteiger partial charge in [-0.2, -0.15) is 0 Å². The highest BCUT2D eigenvalue weighted by Gasteiger charge is 2.18. The van der Waals surface area contributed by atoms with Gasteiger partial charge in [0.15, 0.2) is 0 Å². The van der Waals surface area contributed by atoms with E-state index in [1.807, 2.05) is 67.5 Å². The summed E-state index contributed by atoms with van der Waals surface area (Å²) < 4.78 is 29.2. The predicted octanol–water partition coefficient (Wildman–Crippen LogP) is 6.20. The van der Waals surface area contributed by atoms with Gasteiger partial charge in [-0.1, -0.05) is 61.0 Å². The van der Waals surface area contributed by atoms with Crippen LogP contribution in [-0.2, 0) is 10.0 Å². The maximum Gasteiger partial charge on any atom is 0.241 e. The van der Waals surface area contributed by atoms with Crippen LogP contribution in [0.1, 0.15) is 19.8 Å². The molecule has 0 aliphatic carbocycles. The molecule has 0 amide bonds. The lowest BCUT2D eigenvalue weighted by atomic mass is 10.1.